The molecule has 1 rings (SSSR count). The van der Waals surface area contributed by atoms with Gasteiger partial charge in [0.15, 0.2) is 0 Å². The highest BCUT2D eigenvalue weighted by Gasteiger charge is 2.10. The summed E-state index contributed by atoms with van der Waals surface area (Å²) in [5, 5.41) is 3.45. The van der Waals surface area contributed by atoms with Crippen LogP contribution in [-0.4, -0.2) is 30.2 Å². The maximum Gasteiger partial charge on any atom is 0.235 e. The van der Waals surface area contributed by atoms with Crippen molar-refractivity contribution in [1.29, 1.82) is 0 Å². The van der Waals surface area contributed by atoms with Gasteiger partial charge in [0.05, 0.1) is 7.11 Å². The van der Waals surface area contributed by atoms with Crippen molar-refractivity contribution >= 4 is 0 Å². The summed E-state index contributed by atoms with van der Waals surface area (Å²) in [6.07, 6.45) is 4.26. The van der Waals surface area contributed by atoms with Crippen LogP contribution >= 0.6 is 0 Å². The summed E-state index contributed by atoms with van der Waals surface area (Å²) in [4.78, 5) is 8.47. The summed E-state index contributed by atoms with van der Waals surface area (Å²) < 4.78 is 5.19. The van der Waals surface area contributed by atoms with Gasteiger partial charge in [-0.1, -0.05) is 20.8 Å². The van der Waals surface area contributed by atoms with Crippen molar-refractivity contribution in [1.82, 2.24) is 15.3 Å². The average Bonchev–Trinajstić information content (AvgIpc) is 2.29. The monoisotopic (exact) mass is 237 g/mol. The molecule has 1 aromatic rings. The van der Waals surface area contributed by atoms with Crippen LogP contribution in [0.3, 0.4) is 0 Å². The highest BCUT2D eigenvalue weighted by molar-refractivity contribution is 5.17. The Hall–Kier alpha value is -1.16. The summed E-state index contributed by atoms with van der Waals surface area (Å²) in [6, 6.07) is 0. The smallest absolute Gasteiger partial charge is 0.235 e. The summed E-state index contributed by atoms with van der Waals surface area (Å²) in [6.45, 7) is 8.69. The second-order valence-electron chi connectivity index (χ2n) is 4.87. The fraction of sp³-hybridized carbons (Fsp3) is 0.692. The Morgan fingerprint density at radius 1 is 1.18 bits per heavy atom. The molecule has 0 aliphatic carbocycles. The molecule has 17 heavy (non-hydrogen) atoms. The van der Waals surface area contributed by atoms with E-state index in [0.29, 0.717) is 17.7 Å². The largest absolute Gasteiger partial charge is 0.480 e. The number of rotatable bonds is 7. The van der Waals surface area contributed by atoms with Crippen LogP contribution in [0.15, 0.2) is 12.4 Å². The van der Waals surface area contributed by atoms with Crippen LogP contribution < -0.4 is 10.1 Å². The molecule has 0 spiro atoms. The van der Waals surface area contributed by atoms with Gasteiger partial charge in [0.1, 0.15) is 5.69 Å². The summed E-state index contributed by atoms with van der Waals surface area (Å²) in [5.41, 5.74) is 0.939. The molecular weight excluding hydrogens is 214 g/mol. The third kappa shape index (κ3) is 5.13. The number of nitrogens with one attached hydrogen (secondary N) is 1. The normalized spacial score (nSPS) is 12.8. The van der Waals surface area contributed by atoms with Crippen LogP contribution in [0.5, 0.6) is 5.88 Å². The van der Waals surface area contributed by atoms with Crippen LogP contribution in [0.4, 0.5) is 0 Å². The Morgan fingerprint density at radius 2 is 1.88 bits per heavy atom. The SMILES string of the molecule is COc1nccnc1CC(C)CNCC(C)C. The van der Waals surface area contributed by atoms with Crippen molar-refractivity contribution in [3.63, 3.8) is 0 Å². The van der Waals surface area contributed by atoms with Gasteiger partial charge in [0.25, 0.3) is 0 Å². The average molecular weight is 237 g/mol. The van der Waals surface area contributed by atoms with Crippen molar-refractivity contribution in [2.75, 3.05) is 20.2 Å². The van der Waals surface area contributed by atoms with Crippen LogP contribution in [0.25, 0.3) is 0 Å². The summed E-state index contributed by atoms with van der Waals surface area (Å²) in [5.74, 6) is 1.86. The Balaban J connectivity index is 2.41. The number of hydrogen-bond donors (Lipinski definition) is 1. The lowest BCUT2D eigenvalue weighted by molar-refractivity contribution is 0.382. The minimum atomic E-state index is 0.527. The van der Waals surface area contributed by atoms with Gasteiger partial charge in [-0.15, -0.1) is 0 Å². The Bertz CT molecular complexity index is 328. The standard InChI is InChI=1S/C13H23N3O/c1-10(2)8-14-9-11(3)7-12-13(17-4)16-6-5-15-12/h5-6,10-11,14H,7-9H2,1-4H3. The second kappa shape index (κ2) is 7.22. The van der Waals surface area contributed by atoms with Gasteiger partial charge < -0.3 is 10.1 Å². The van der Waals surface area contributed by atoms with Crippen LogP contribution in [-0.2, 0) is 6.42 Å². The van der Waals surface area contributed by atoms with Gasteiger partial charge in [0.2, 0.25) is 5.88 Å². The van der Waals surface area contributed by atoms with Crippen molar-refractivity contribution in [3.8, 4) is 5.88 Å². The first-order chi connectivity index (χ1) is 8.13. The first kappa shape index (κ1) is 13.9. The minimum absolute atomic E-state index is 0.527. The van der Waals surface area contributed by atoms with E-state index in [-0.39, 0.29) is 0 Å². The molecule has 0 saturated heterocycles. The van der Waals surface area contributed by atoms with Crippen LogP contribution in [0, 0.1) is 11.8 Å². The van der Waals surface area contributed by atoms with E-state index in [2.05, 4.69) is 36.1 Å². The summed E-state index contributed by atoms with van der Waals surface area (Å²) in [7, 11) is 1.63. The molecule has 0 fully saturated rings. The van der Waals surface area contributed by atoms with Gasteiger partial charge in [-0.25, -0.2) is 4.98 Å². The van der Waals surface area contributed by atoms with Gasteiger partial charge in [-0.3, -0.25) is 4.98 Å². The van der Waals surface area contributed by atoms with E-state index in [4.69, 9.17) is 4.74 Å². The number of hydrogen-bond acceptors (Lipinski definition) is 4. The Labute approximate surface area is 104 Å². The molecule has 0 aliphatic rings. The highest BCUT2D eigenvalue weighted by atomic mass is 16.5. The van der Waals surface area contributed by atoms with E-state index < -0.39 is 0 Å². The van der Waals surface area contributed by atoms with Crippen LogP contribution in [0.2, 0.25) is 0 Å². The molecular formula is C13H23N3O. The number of aromatic nitrogens is 2. The lowest BCUT2D eigenvalue weighted by Crippen LogP contribution is -2.26. The van der Waals surface area contributed by atoms with E-state index in [1.165, 1.54) is 0 Å². The predicted molar refractivity (Wildman–Crippen MR) is 69.2 cm³/mol. The molecule has 1 atom stereocenters. The Kier molecular flexibility index (Phi) is 5.91. The maximum absolute atomic E-state index is 5.19. The van der Waals surface area contributed by atoms with E-state index in [9.17, 15) is 0 Å². The quantitative estimate of drug-likeness (QED) is 0.787. The number of ether oxygens (including phenoxy) is 1. The maximum atomic E-state index is 5.19. The molecule has 0 saturated carbocycles. The molecule has 0 aromatic carbocycles. The molecule has 4 heteroatoms. The second-order valence-corrected chi connectivity index (χ2v) is 4.87. The molecule has 0 aliphatic heterocycles. The number of methoxy groups -OCH3 is 1. The third-order valence-corrected chi connectivity index (χ3v) is 2.52. The Morgan fingerprint density at radius 3 is 2.53 bits per heavy atom. The summed E-state index contributed by atoms with van der Waals surface area (Å²) >= 11 is 0. The van der Waals surface area contributed by atoms with E-state index >= 15 is 0 Å². The molecule has 1 aromatic heterocycles. The van der Waals surface area contributed by atoms with E-state index in [1.54, 1.807) is 19.5 Å². The van der Waals surface area contributed by atoms with E-state index in [0.717, 1.165) is 25.2 Å². The zero-order chi connectivity index (χ0) is 12.7. The van der Waals surface area contributed by atoms with E-state index in [1.807, 2.05) is 0 Å². The topological polar surface area (TPSA) is 47.0 Å². The molecule has 0 radical (unpaired) electrons. The predicted octanol–water partition coefficient (Wildman–Crippen LogP) is 1.91. The van der Waals surface area contributed by atoms with Crippen molar-refractivity contribution in [2.24, 2.45) is 11.8 Å². The molecule has 4 nitrogen and oxygen atoms in total. The zero-order valence-corrected chi connectivity index (χ0v) is 11.2. The molecule has 0 amide bonds. The van der Waals surface area contributed by atoms with Gasteiger partial charge in [-0.05, 0) is 31.3 Å². The van der Waals surface area contributed by atoms with Gasteiger partial charge >= 0.3 is 0 Å². The fourth-order valence-corrected chi connectivity index (χ4v) is 1.69. The van der Waals surface area contributed by atoms with Crippen molar-refractivity contribution in [3.05, 3.63) is 18.1 Å². The minimum Gasteiger partial charge on any atom is -0.480 e. The zero-order valence-electron chi connectivity index (χ0n) is 11.2. The fourth-order valence-electron chi connectivity index (χ4n) is 1.69. The molecule has 1 heterocycles. The lowest BCUT2D eigenvalue weighted by Gasteiger charge is -2.14. The molecule has 96 valence electrons. The lowest BCUT2D eigenvalue weighted by atomic mass is 10.1. The number of nitrogens with zero attached hydrogens (tertiary/aromatic N) is 2. The molecule has 1 N–H and O–H groups in total. The van der Waals surface area contributed by atoms with Crippen LogP contribution in [0.1, 0.15) is 26.5 Å². The van der Waals surface area contributed by atoms with Crippen molar-refractivity contribution in [2.45, 2.75) is 27.2 Å². The highest BCUT2D eigenvalue weighted by Crippen LogP contribution is 2.14. The first-order valence-corrected chi connectivity index (χ1v) is 6.18. The van der Waals surface area contributed by atoms with Gasteiger partial charge in [0, 0.05) is 12.4 Å². The third-order valence-electron chi connectivity index (χ3n) is 2.52. The van der Waals surface area contributed by atoms with Crippen molar-refractivity contribution < 1.29 is 4.74 Å². The molecule has 1 unspecified atom stereocenters. The molecule has 0 bridgehead atoms. The first-order valence-electron chi connectivity index (χ1n) is 6.18. The van der Waals surface area contributed by atoms with Gasteiger partial charge in [-0.2, -0.15) is 0 Å².